The molecule has 0 radical (unpaired) electrons. The lowest BCUT2D eigenvalue weighted by molar-refractivity contribution is -0.136. The number of aromatic nitrogens is 3. The molecular weight excluding hydrogens is 170 g/mol. The van der Waals surface area contributed by atoms with Gasteiger partial charge in [0.25, 0.3) is 0 Å². The van der Waals surface area contributed by atoms with Crippen molar-refractivity contribution < 1.29 is 9.90 Å². The zero-order valence-corrected chi connectivity index (χ0v) is 7.18. The highest BCUT2D eigenvalue weighted by Gasteiger charge is 2.20. The first-order valence-electron chi connectivity index (χ1n) is 4.38. The Morgan fingerprint density at radius 2 is 2.46 bits per heavy atom. The van der Waals surface area contributed by atoms with Gasteiger partial charge in [-0.05, 0) is 19.3 Å². The van der Waals surface area contributed by atoms with Crippen molar-refractivity contribution in [3.63, 3.8) is 0 Å². The van der Waals surface area contributed by atoms with Gasteiger partial charge in [0.2, 0.25) is 0 Å². The number of hydrogen-bond donors (Lipinski definition) is 1. The highest BCUT2D eigenvalue weighted by Crippen LogP contribution is 2.30. The van der Waals surface area contributed by atoms with Crippen LogP contribution >= 0.6 is 0 Å². The second-order valence-corrected chi connectivity index (χ2v) is 3.35. The Bertz CT molecular complexity index is 317. The first kappa shape index (κ1) is 8.22. The second kappa shape index (κ2) is 3.16. The van der Waals surface area contributed by atoms with Gasteiger partial charge in [-0.25, -0.2) is 4.68 Å². The maximum atomic E-state index is 10.4. The van der Waals surface area contributed by atoms with Crippen molar-refractivity contribution in [3.8, 4) is 0 Å². The van der Waals surface area contributed by atoms with Gasteiger partial charge in [0.05, 0.1) is 18.2 Å². The molecule has 0 atom stereocenters. The second-order valence-electron chi connectivity index (χ2n) is 3.35. The molecule has 1 aromatic heterocycles. The lowest BCUT2D eigenvalue weighted by atomic mass is 9.93. The number of aliphatic carboxylic acids is 1. The van der Waals surface area contributed by atoms with Gasteiger partial charge in [0.15, 0.2) is 0 Å². The fourth-order valence-electron chi connectivity index (χ4n) is 1.38. The third-order valence-corrected chi connectivity index (χ3v) is 2.34. The SMILES string of the molecule is O=C(O)Cc1cn(C2CCC2)nn1. The highest BCUT2D eigenvalue weighted by molar-refractivity contribution is 5.69. The van der Waals surface area contributed by atoms with Crippen LogP contribution in [0, 0.1) is 0 Å². The number of carboxylic acids is 1. The van der Waals surface area contributed by atoms with Gasteiger partial charge in [-0.1, -0.05) is 5.21 Å². The topological polar surface area (TPSA) is 68.0 Å². The largest absolute Gasteiger partial charge is 0.481 e. The molecule has 2 rings (SSSR count). The summed E-state index contributed by atoms with van der Waals surface area (Å²) in [6, 6.07) is 0.454. The molecule has 70 valence electrons. The minimum absolute atomic E-state index is 0.0350. The van der Waals surface area contributed by atoms with Gasteiger partial charge in [-0.2, -0.15) is 0 Å². The zero-order valence-electron chi connectivity index (χ0n) is 7.18. The maximum absolute atomic E-state index is 10.4. The summed E-state index contributed by atoms with van der Waals surface area (Å²) >= 11 is 0. The summed E-state index contributed by atoms with van der Waals surface area (Å²) in [6.07, 6.45) is 5.20. The Morgan fingerprint density at radius 3 is 3.00 bits per heavy atom. The number of carbonyl (C=O) groups is 1. The normalized spacial score (nSPS) is 16.9. The molecule has 0 aromatic carbocycles. The van der Waals surface area contributed by atoms with Crippen LogP contribution in [0.5, 0.6) is 0 Å². The van der Waals surface area contributed by atoms with Crippen molar-refractivity contribution >= 4 is 5.97 Å². The molecule has 1 N–H and O–H groups in total. The van der Waals surface area contributed by atoms with Crippen LogP contribution in [-0.4, -0.2) is 26.1 Å². The summed E-state index contributed by atoms with van der Waals surface area (Å²) in [6.45, 7) is 0. The van der Waals surface area contributed by atoms with Crippen LogP contribution in [0.3, 0.4) is 0 Å². The van der Waals surface area contributed by atoms with Gasteiger partial charge in [-0.3, -0.25) is 4.79 Å². The molecule has 0 amide bonds. The average molecular weight is 181 g/mol. The molecule has 1 aliphatic rings. The molecular formula is C8H11N3O2. The molecule has 1 fully saturated rings. The van der Waals surface area contributed by atoms with Gasteiger partial charge >= 0.3 is 5.97 Å². The Balaban J connectivity index is 2.04. The lowest BCUT2D eigenvalue weighted by Gasteiger charge is -2.24. The van der Waals surface area contributed by atoms with Crippen LogP contribution in [-0.2, 0) is 11.2 Å². The third kappa shape index (κ3) is 1.68. The molecule has 0 bridgehead atoms. The molecule has 13 heavy (non-hydrogen) atoms. The first-order valence-corrected chi connectivity index (χ1v) is 4.38. The Hall–Kier alpha value is -1.39. The Kier molecular flexibility index (Phi) is 2.00. The van der Waals surface area contributed by atoms with E-state index < -0.39 is 5.97 Å². The fraction of sp³-hybridized carbons (Fsp3) is 0.625. The molecule has 5 nitrogen and oxygen atoms in total. The maximum Gasteiger partial charge on any atom is 0.309 e. The van der Waals surface area contributed by atoms with E-state index in [2.05, 4.69) is 10.3 Å². The van der Waals surface area contributed by atoms with E-state index in [4.69, 9.17) is 5.11 Å². The van der Waals surface area contributed by atoms with Crippen molar-refractivity contribution in [2.45, 2.75) is 31.7 Å². The van der Waals surface area contributed by atoms with Crippen molar-refractivity contribution in [1.29, 1.82) is 0 Å². The van der Waals surface area contributed by atoms with Crippen LogP contribution in [0.1, 0.15) is 31.0 Å². The van der Waals surface area contributed by atoms with Gasteiger partial charge in [0.1, 0.15) is 0 Å². The minimum Gasteiger partial charge on any atom is -0.481 e. The van der Waals surface area contributed by atoms with Gasteiger partial charge < -0.3 is 5.11 Å². The van der Waals surface area contributed by atoms with E-state index in [1.807, 2.05) is 0 Å². The standard InChI is InChI=1S/C8H11N3O2/c12-8(13)4-6-5-11(10-9-6)7-2-1-3-7/h5,7H,1-4H2,(H,12,13). The number of carboxylic acid groups (broad SMARTS) is 1. The Morgan fingerprint density at radius 1 is 1.69 bits per heavy atom. The number of rotatable bonds is 3. The van der Waals surface area contributed by atoms with E-state index in [0.29, 0.717) is 11.7 Å². The van der Waals surface area contributed by atoms with E-state index >= 15 is 0 Å². The molecule has 1 saturated carbocycles. The Labute approximate surface area is 75.4 Å². The monoisotopic (exact) mass is 181 g/mol. The van der Waals surface area contributed by atoms with Crippen molar-refractivity contribution in [1.82, 2.24) is 15.0 Å². The molecule has 0 spiro atoms. The zero-order chi connectivity index (χ0) is 9.26. The van der Waals surface area contributed by atoms with Crippen LogP contribution < -0.4 is 0 Å². The van der Waals surface area contributed by atoms with Crippen molar-refractivity contribution in [3.05, 3.63) is 11.9 Å². The summed E-state index contributed by atoms with van der Waals surface area (Å²) in [7, 11) is 0. The number of nitrogens with zero attached hydrogens (tertiary/aromatic N) is 3. The quantitative estimate of drug-likeness (QED) is 0.742. The summed E-state index contributed by atoms with van der Waals surface area (Å²) in [5, 5.41) is 16.2. The smallest absolute Gasteiger partial charge is 0.309 e. The van der Waals surface area contributed by atoms with E-state index in [9.17, 15) is 4.79 Å². The molecule has 1 heterocycles. The average Bonchev–Trinajstić information content (AvgIpc) is 2.31. The van der Waals surface area contributed by atoms with E-state index in [1.165, 1.54) is 6.42 Å². The highest BCUT2D eigenvalue weighted by atomic mass is 16.4. The molecule has 0 unspecified atom stereocenters. The van der Waals surface area contributed by atoms with Crippen LogP contribution in [0.15, 0.2) is 6.20 Å². The van der Waals surface area contributed by atoms with Crippen molar-refractivity contribution in [2.24, 2.45) is 0 Å². The lowest BCUT2D eigenvalue weighted by Crippen LogP contribution is -2.17. The van der Waals surface area contributed by atoms with Crippen LogP contribution in [0.25, 0.3) is 0 Å². The molecule has 0 saturated heterocycles. The van der Waals surface area contributed by atoms with Gasteiger partial charge in [-0.15, -0.1) is 5.10 Å². The predicted octanol–water partition coefficient (Wildman–Crippen LogP) is 0.630. The van der Waals surface area contributed by atoms with Crippen LogP contribution in [0.2, 0.25) is 0 Å². The minimum atomic E-state index is -0.861. The molecule has 5 heteroatoms. The summed E-state index contributed by atoms with van der Waals surface area (Å²) < 4.78 is 1.78. The van der Waals surface area contributed by atoms with E-state index in [1.54, 1.807) is 10.9 Å². The predicted molar refractivity (Wildman–Crippen MR) is 44.2 cm³/mol. The summed E-state index contributed by atoms with van der Waals surface area (Å²) in [5.74, 6) is -0.861. The first-order chi connectivity index (χ1) is 6.25. The van der Waals surface area contributed by atoms with E-state index in [-0.39, 0.29) is 6.42 Å². The molecule has 0 aliphatic heterocycles. The number of hydrogen-bond acceptors (Lipinski definition) is 3. The van der Waals surface area contributed by atoms with Crippen molar-refractivity contribution in [2.75, 3.05) is 0 Å². The summed E-state index contributed by atoms with van der Waals surface area (Å²) in [4.78, 5) is 10.4. The van der Waals surface area contributed by atoms with E-state index in [0.717, 1.165) is 12.8 Å². The van der Waals surface area contributed by atoms with Crippen LogP contribution in [0.4, 0.5) is 0 Å². The molecule has 1 aromatic rings. The third-order valence-electron chi connectivity index (χ3n) is 2.34. The molecule has 1 aliphatic carbocycles. The van der Waals surface area contributed by atoms with Gasteiger partial charge in [0, 0.05) is 6.20 Å². The summed E-state index contributed by atoms with van der Waals surface area (Å²) in [5.41, 5.74) is 0.541. The fourth-order valence-corrected chi connectivity index (χ4v) is 1.38.